The highest BCUT2D eigenvalue weighted by atomic mass is 16.6. The molecule has 0 radical (unpaired) electrons. The average Bonchev–Trinajstić information content (AvgIpc) is 3.17. The van der Waals surface area contributed by atoms with Gasteiger partial charge in [0.05, 0.1) is 5.69 Å². The van der Waals surface area contributed by atoms with Gasteiger partial charge in [0, 0.05) is 12.1 Å². The molecule has 2 heterocycles. The molecule has 10 heteroatoms. The average molecular weight is 517 g/mol. The van der Waals surface area contributed by atoms with Crippen LogP contribution in [0.4, 0.5) is 10.6 Å². The van der Waals surface area contributed by atoms with Crippen LogP contribution >= 0.6 is 0 Å². The largest absolute Gasteiger partial charge is 0.457 e. The third kappa shape index (κ3) is 5.34. The molecule has 1 aliphatic carbocycles. The van der Waals surface area contributed by atoms with Crippen LogP contribution in [0.5, 0.6) is 11.5 Å². The first-order valence-electron chi connectivity index (χ1n) is 12.8. The molecule has 0 spiro atoms. The zero-order chi connectivity index (χ0) is 26.9. The topological polar surface area (TPSA) is 126 Å². The van der Waals surface area contributed by atoms with Crippen molar-refractivity contribution in [3.05, 3.63) is 71.4 Å². The molecule has 1 saturated carbocycles. The minimum atomic E-state index is -0.554. The van der Waals surface area contributed by atoms with Crippen molar-refractivity contribution < 1.29 is 14.3 Å². The second-order valence-electron chi connectivity index (χ2n) is 10.5. The molecule has 0 aliphatic heterocycles. The summed E-state index contributed by atoms with van der Waals surface area (Å²) in [5.41, 5.74) is 7.08. The lowest BCUT2D eigenvalue weighted by molar-refractivity contribution is 0.0488. The summed E-state index contributed by atoms with van der Waals surface area (Å²) in [7, 11) is 0. The number of nitrogens with two attached hydrogens (primary N) is 1. The van der Waals surface area contributed by atoms with Crippen molar-refractivity contribution in [3.63, 3.8) is 0 Å². The van der Waals surface area contributed by atoms with E-state index >= 15 is 0 Å². The number of aromatic nitrogens is 4. The zero-order valence-electron chi connectivity index (χ0n) is 21.8. The van der Waals surface area contributed by atoms with E-state index in [0.717, 1.165) is 18.6 Å². The molecule has 5 rings (SSSR count). The molecular formula is C28H32N6O4. The molecule has 198 valence electrons. The fourth-order valence-electron chi connectivity index (χ4n) is 4.88. The van der Waals surface area contributed by atoms with Crippen LogP contribution in [0.25, 0.3) is 16.9 Å². The Morgan fingerprint density at radius 3 is 2.29 bits per heavy atom. The predicted molar refractivity (Wildman–Crippen MR) is 145 cm³/mol. The molecule has 0 bridgehead atoms. The summed E-state index contributed by atoms with van der Waals surface area (Å²) >= 11 is 0. The smallest absolute Gasteiger partial charge is 0.407 e. The standard InChI is InChI=1S/C28H32N6O4/c1-28(2,3)38-26(35)32-18-9-11-20(12-10-18)34-25-23(24(29)30-17-31-25)33(27(34)36)19-13-15-22(16-14-19)37-21-7-5-4-6-8-21/h4-8,13-18,20H,9-12H2,1-3H3,(H,32,35)(H2,29,30,31). The Hall–Kier alpha value is -4.34. The number of carbonyl (C=O) groups excluding carboxylic acids is 1. The van der Waals surface area contributed by atoms with Crippen LogP contribution < -0.4 is 21.5 Å². The quantitative estimate of drug-likeness (QED) is 0.384. The van der Waals surface area contributed by atoms with Crippen molar-refractivity contribution in [1.29, 1.82) is 0 Å². The second kappa shape index (κ2) is 10.2. The van der Waals surface area contributed by atoms with Crippen LogP contribution in [-0.2, 0) is 4.74 Å². The van der Waals surface area contributed by atoms with E-state index in [1.54, 1.807) is 9.13 Å². The second-order valence-corrected chi connectivity index (χ2v) is 10.5. The fraction of sp³-hybridized carbons (Fsp3) is 0.357. The Bertz CT molecular complexity index is 1480. The van der Waals surface area contributed by atoms with Gasteiger partial charge >= 0.3 is 11.8 Å². The number of carbonyl (C=O) groups is 1. The molecule has 0 atom stereocenters. The fourth-order valence-corrected chi connectivity index (χ4v) is 4.88. The Kier molecular flexibility index (Phi) is 6.79. The maximum absolute atomic E-state index is 13.8. The van der Waals surface area contributed by atoms with Crippen LogP contribution in [0.2, 0.25) is 0 Å². The monoisotopic (exact) mass is 516 g/mol. The van der Waals surface area contributed by atoms with Gasteiger partial charge in [-0.15, -0.1) is 0 Å². The highest BCUT2D eigenvalue weighted by Gasteiger charge is 2.30. The van der Waals surface area contributed by atoms with E-state index in [-0.39, 0.29) is 23.6 Å². The molecule has 3 N–H and O–H groups in total. The Morgan fingerprint density at radius 1 is 0.974 bits per heavy atom. The minimum Gasteiger partial charge on any atom is -0.457 e. The number of fused-ring (bicyclic) bond motifs is 1. The molecule has 38 heavy (non-hydrogen) atoms. The Morgan fingerprint density at radius 2 is 1.63 bits per heavy atom. The van der Waals surface area contributed by atoms with Gasteiger partial charge in [-0.1, -0.05) is 18.2 Å². The lowest BCUT2D eigenvalue weighted by atomic mass is 9.91. The number of nitrogen functional groups attached to an aromatic ring is 1. The first kappa shape index (κ1) is 25.3. The molecule has 1 amide bonds. The molecule has 2 aromatic heterocycles. The van der Waals surface area contributed by atoms with Gasteiger partial charge in [-0.3, -0.25) is 9.13 Å². The van der Waals surface area contributed by atoms with E-state index in [0.29, 0.717) is 35.4 Å². The number of nitrogens with one attached hydrogen (secondary N) is 1. The summed E-state index contributed by atoms with van der Waals surface area (Å²) in [4.78, 5) is 34.6. The molecule has 10 nitrogen and oxygen atoms in total. The van der Waals surface area contributed by atoms with Gasteiger partial charge in [0.1, 0.15) is 28.9 Å². The van der Waals surface area contributed by atoms with Gasteiger partial charge in [-0.2, -0.15) is 0 Å². The van der Waals surface area contributed by atoms with E-state index < -0.39 is 11.7 Å². The number of anilines is 1. The summed E-state index contributed by atoms with van der Waals surface area (Å²) in [6, 6.07) is 16.6. The normalized spacial score (nSPS) is 17.8. The van der Waals surface area contributed by atoms with E-state index in [9.17, 15) is 9.59 Å². The molecule has 1 fully saturated rings. The van der Waals surface area contributed by atoms with Gasteiger partial charge in [-0.05, 0) is 82.9 Å². The molecule has 0 saturated heterocycles. The number of benzene rings is 2. The van der Waals surface area contributed by atoms with Crippen molar-refractivity contribution >= 4 is 23.1 Å². The van der Waals surface area contributed by atoms with E-state index in [1.165, 1.54) is 6.33 Å². The lowest BCUT2D eigenvalue weighted by Gasteiger charge is -2.30. The third-order valence-corrected chi connectivity index (χ3v) is 6.54. The number of alkyl carbamates (subject to hydrolysis) is 1. The summed E-state index contributed by atoms with van der Waals surface area (Å²) in [5.74, 6) is 1.61. The van der Waals surface area contributed by atoms with Crippen molar-refractivity contribution in [2.75, 3.05) is 5.73 Å². The van der Waals surface area contributed by atoms with Crippen molar-refractivity contribution in [2.24, 2.45) is 0 Å². The summed E-state index contributed by atoms with van der Waals surface area (Å²) in [5, 5.41) is 2.95. The van der Waals surface area contributed by atoms with Gasteiger partial charge in [0.15, 0.2) is 11.5 Å². The molecule has 4 aromatic rings. The van der Waals surface area contributed by atoms with Crippen LogP contribution in [0.15, 0.2) is 65.7 Å². The lowest BCUT2D eigenvalue weighted by Crippen LogP contribution is -2.41. The summed E-state index contributed by atoms with van der Waals surface area (Å²) < 4.78 is 14.6. The highest BCUT2D eigenvalue weighted by Crippen LogP contribution is 2.32. The van der Waals surface area contributed by atoms with Crippen molar-refractivity contribution in [2.45, 2.75) is 64.1 Å². The van der Waals surface area contributed by atoms with Crippen molar-refractivity contribution in [3.8, 4) is 17.2 Å². The maximum Gasteiger partial charge on any atom is 0.407 e. The molecule has 1 aliphatic rings. The first-order valence-corrected chi connectivity index (χ1v) is 12.8. The van der Waals surface area contributed by atoms with Gasteiger partial charge in [0.2, 0.25) is 0 Å². The maximum atomic E-state index is 13.8. The predicted octanol–water partition coefficient (Wildman–Crippen LogP) is 4.97. The SMILES string of the molecule is CC(C)(C)OC(=O)NC1CCC(n2c(=O)n(-c3ccc(Oc4ccccc4)cc3)c3c(N)ncnc32)CC1. The third-order valence-electron chi connectivity index (χ3n) is 6.54. The zero-order valence-corrected chi connectivity index (χ0v) is 21.8. The Labute approximate surface area is 220 Å². The number of hydrogen-bond acceptors (Lipinski definition) is 7. The van der Waals surface area contributed by atoms with Crippen LogP contribution in [-0.4, -0.2) is 36.8 Å². The molecule has 0 unspecified atom stereocenters. The number of nitrogens with zero attached hydrogens (tertiary/aromatic N) is 4. The van der Waals surface area contributed by atoms with Gasteiger partial charge < -0.3 is 20.5 Å². The van der Waals surface area contributed by atoms with Gasteiger partial charge in [0.25, 0.3) is 0 Å². The highest BCUT2D eigenvalue weighted by molar-refractivity contribution is 5.84. The first-order chi connectivity index (χ1) is 18.2. The van der Waals surface area contributed by atoms with E-state index in [4.69, 9.17) is 15.2 Å². The number of amides is 1. The number of para-hydroxylation sites is 1. The number of imidazole rings is 1. The van der Waals surface area contributed by atoms with Crippen LogP contribution in [0.1, 0.15) is 52.5 Å². The van der Waals surface area contributed by atoms with E-state index in [2.05, 4.69) is 15.3 Å². The summed E-state index contributed by atoms with van der Waals surface area (Å²) in [6.07, 6.45) is 3.80. The van der Waals surface area contributed by atoms with Gasteiger partial charge in [-0.25, -0.2) is 19.6 Å². The molecule has 2 aromatic carbocycles. The minimum absolute atomic E-state index is 0.0120. The number of hydrogen-bond donors (Lipinski definition) is 2. The van der Waals surface area contributed by atoms with Crippen molar-refractivity contribution in [1.82, 2.24) is 24.4 Å². The van der Waals surface area contributed by atoms with Crippen LogP contribution in [0.3, 0.4) is 0 Å². The summed E-state index contributed by atoms with van der Waals surface area (Å²) in [6.45, 7) is 5.51. The van der Waals surface area contributed by atoms with E-state index in [1.807, 2.05) is 75.4 Å². The number of rotatable bonds is 5. The Balaban J connectivity index is 1.40. The molecular weight excluding hydrogens is 484 g/mol. The van der Waals surface area contributed by atoms with Crippen LogP contribution in [0, 0.1) is 0 Å². The number of ether oxygens (including phenoxy) is 2.